The number of carboxylic acids is 1. The minimum Gasteiger partial charge on any atom is -0.481 e. The number of aliphatic carboxylic acids is 1. The van der Waals surface area contributed by atoms with Crippen LogP contribution in [0.1, 0.15) is 40.0 Å². The first-order chi connectivity index (χ1) is 5.88. The van der Waals surface area contributed by atoms with Gasteiger partial charge in [0.1, 0.15) is 0 Å². The van der Waals surface area contributed by atoms with Crippen LogP contribution in [0.15, 0.2) is 0 Å². The highest BCUT2D eigenvalue weighted by Crippen LogP contribution is 2.65. The predicted molar refractivity (Wildman–Crippen MR) is 50.4 cm³/mol. The van der Waals surface area contributed by atoms with E-state index in [-0.39, 0.29) is 16.7 Å². The van der Waals surface area contributed by atoms with Gasteiger partial charge in [-0.1, -0.05) is 20.8 Å². The second-order valence-electron chi connectivity index (χ2n) is 5.69. The molecule has 0 aliphatic heterocycles. The molecule has 0 aromatic carbocycles. The number of rotatable bonds is 1. The lowest BCUT2D eigenvalue weighted by molar-refractivity contribution is -0.151. The molecular formula is C11H18O2. The summed E-state index contributed by atoms with van der Waals surface area (Å²) < 4.78 is 0. The van der Waals surface area contributed by atoms with Crippen LogP contribution in [0.5, 0.6) is 0 Å². The van der Waals surface area contributed by atoms with Crippen LogP contribution in [-0.4, -0.2) is 11.1 Å². The summed E-state index contributed by atoms with van der Waals surface area (Å²) in [5, 5.41) is 9.24. The van der Waals surface area contributed by atoms with Crippen molar-refractivity contribution in [2.45, 2.75) is 40.0 Å². The molecule has 1 N–H and O–H groups in total. The van der Waals surface area contributed by atoms with Gasteiger partial charge in [0.05, 0.1) is 5.92 Å². The van der Waals surface area contributed by atoms with Gasteiger partial charge in [-0.15, -0.1) is 0 Å². The number of hydrogen-bond acceptors (Lipinski definition) is 1. The van der Waals surface area contributed by atoms with E-state index in [4.69, 9.17) is 0 Å². The lowest BCUT2D eigenvalue weighted by Gasteiger charge is -2.39. The molecule has 2 saturated carbocycles. The first kappa shape index (κ1) is 9.04. The van der Waals surface area contributed by atoms with Crippen LogP contribution in [-0.2, 0) is 4.79 Å². The van der Waals surface area contributed by atoms with E-state index in [1.165, 1.54) is 6.42 Å². The third kappa shape index (κ3) is 0.976. The molecule has 2 fully saturated rings. The molecule has 0 aromatic rings. The van der Waals surface area contributed by atoms with Crippen molar-refractivity contribution in [3.63, 3.8) is 0 Å². The highest BCUT2D eigenvalue weighted by atomic mass is 16.4. The van der Waals surface area contributed by atoms with Gasteiger partial charge in [-0.2, -0.15) is 0 Å². The minimum atomic E-state index is -0.588. The van der Waals surface area contributed by atoms with E-state index in [1.807, 2.05) is 0 Å². The van der Waals surface area contributed by atoms with Crippen molar-refractivity contribution in [1.29, 1.82) is 0 Å². The first-order valence-corrected chi connectivity index (χ1v) is 5.11. The number of carboxylic acid groups (broad SMARTS) is 1. The molecule has 0 heterocycles. The summed E-state index contributed by atoms with van der Waals surface area (Å²) in [7, 11) is 0. The zero-order chi connectivity index (χ0) is 9.85. The fraction of sp³-hybridized carbons (Fsp3) is 0.909. The van der Waals surface area contributed by atoms with Gasteiger partial charge in [0.15, 0.2) is 0 Å². The van der Waals surface area contributed by atoms with E-state index < -0.39 is 5.97 Å². The molecule has 74 valence electrons. The Kier molecular flexibility index (Phi) is 1.59. The topological polar surface area (TPSA) is 37.3 Å². The predicted octanol–water partition coefficient (Wildman–Crippen LogP) is 2.53. The highest BCUT2D eigenvalue weighted by molar-refractivity contribution is 5.73. The number of fused-ring (bicyclic) bond motifs is 2. The van der Waals surface area contributed by atoms with Crippen molar-refractivity contribution in [3.05, 3.63) is 0 Å². The molecule has 0 saturated heterocycles. The third-order valence-corrected chi connectivity index (χ3v) is 4.52. The summed E-state index contributed by atoms with van der Waals surface area (Å²) in [6.45, 7) is 6.41. The van der Waals surface area contributed by atoms with Crippen LogP contribution in [0.2, 0.25) is 0 Å². The third-order valence-electron chi connectivity index (χ3n) is 4.52. The maximum Gasteiger partial charge on any atom is 0.307 e. The van der Waals surface area contributed by atoms with Crippen molar-refractivity contribution in [2.24, 2.45) is 22.7 Å². The number of hydrogen-bond donors (Lipinski definition) is 1. The Morgan fingerprint density at radius 2 is 2.00 bits per heavy atom. The Morgan fingerprint density at radius 1 is 1.38 bits per heavy atom. The smallest absolute Gasteiger partial charge is 0.307 e. The van der Waals surface area contributed by atoms with Crippen molar-refractivity contribution in [3.8, 4) is 0 Å². The SMILES string of the molecule is CC1(C)C(C(=O)O)[C@]2(C)CC[C@H]1C2. The zero-order valence-corrected chi connectivity index (χ0v) is 8.63. The lowest BCUT2D eigenvalue weighted by Crippen LogP contribution is -2.40. The molecule has 2 rings (SSSR count). The summed E-state index contributed by atoms with van der Waals surface area (Å²) in [4.78, 5) is 11.2. The van der Waals surface area contributed by atoms with Gasteiger partial charge < -0.3 is 5.11 Å². The fourth-order valence-corrected chi connectivity index (χ4v) is 3.92. The van der Waals surface area contributed by atoms with E-state index in [0.29, 0.717) is 5.92 Å². The summed E-state index contributed by atoms with van der Waals surface area (Å²) in [5.74, 6) is -0.0768. The van der Waals surface area contributed by atoms with Crippen LogP contribution in [0.4, 0.5) is 0 Å². The standard InChI is InChI=1S/C11H18O2/c1-10(2)7-4-5-11(3,6-7)8(10)9(12)13/h7-8H,4-6H2,1-3H3,(H,12,13)/t7-,8?,11+/m0/s1. The summed E-state index contributed by atoms with van der Waals surface area (Å²) in [6.07, 6.45) is 3.46. The first-order valence-electron chi connectivity index (χ1n) is 5.11. The summed E-state index contributed by atoms with van der Waals surface area (Å²) in [6, 6.07) is 0. The zero-order valence-electron chi connectivity index (χ0n) is 8.63. The molecule has 2 heteroatoms. The van der Waals surface area contributed by atoms with E-state index in [9.17, 15) is 9.90 Å². The molecule has 2 nitrogen and oxygen atoms in total. The van der Waals surface area contributed by atoms with Gasteiger partial charge in [0, 0.05) is 0 Å². The molecule has 0 amide bonds. The van der Waals surface area contributed by atoms with Crippen molar-refractivity contribution >= 4 is 5.97 Å². The van der Waals surface area contributed by atoms with Crippen LogP contribution >= 0.6 is 0 Å². The highest BCUT2D eigenvalue weighted by Gasteiger charge is 2.62. The van der Waals surface area contributed by atoms with E-state index >= 15 is 0 Å². The molecule has 2 aliphatic rings. The summed E-state index contributed by atoms with van der Waals surface area (Å²) >= 11 is 0. The quantitative estimate of drug-likeness (QED) is 0.676. The van der Waals surface area contributed by atoms with E-state index in [0.717, 1.165) is 12.8 Å². The lowest BCUT2D eigenvalue weighted by atomic mass is 9.64. The maximum absolute atomic E-state index is 11.2. The van der Waals surface area contributed by atoms with E-state index in [2.05, 4.69) is 20.8 Å². The molecule has 3 atom stereocenters. The monoisotopic (exact) mass is 182 g/mol. The van der Waals surface area contributed by atoms with Gasteiger partial charge >= 0.3 is 5.97 Å². The fourth-order valence-electron chi connectivity index (χ4n) is 3.92. The van der Waals surface area contributed by atoms with Gasteiger partial charge in [0.25, 0.3) is 0 Å². The average molecular weight is 182 g/mol. The van der Waals surface area contributed by atoms with Gasteiger partial charge in [-0.25, -0.2) is 0 Å². The van der Waals surface area contributed by atoms with Gasteiger partial charge in [-0.3, -0.25) is 4.79 Å². The number of carbonyl (C=O) groups is 1. The molecule has 0 spiro atoms. The minimum absolute atomic E-state index is 0.0127. The Morgan fingerprint density at radius 3 is 2.31 bits per heavy atom. The molecule has 2 aliphatic carbocycles. The maximum atomic E-state index is 11.2. The van der Waals surface area contributed by atoms with Gasteiger partial charge in [-0.05, 0) is 36.0 Å². The van der Waals surface area contributed by atoms with Crippen molar-refractivity contribution in [1.82, 2.24) is 0 Å². The molecule has 2 bridgehead atoms. The second-order valence-corrected chi connectivity index (χ2v) is 5.69. The Bertz CT molecular complexity index is 252. The van der Waals surface area contributed by atoms with Gasteiger partial charge in [0.2, 0.25) is 0 Å². The summed E-state index contributed by atoms with van der Waals surface area (Å²) in [5.41, 5.74) is 0.0961. The van der Waals surface area contributed by atoms with Crippen molar-refractivity contribution < 1.29 is 9.90 Å². The Hall–Kier alpha value is -0.530. The Labute approximate surface area is 79.3 Å². The molecule has 1 unspecified atom stereocenters. The molecular weight excluding hydrogens is 164 g/mol. The van der Waals surface area contributed by atoms with Crippen LogP contribution in [0.3, 0.4) is 0 Å². The molecule has 0 aromatic heterocycles. The Balaban J connectivity index is 2.39. The van der Waals surface area contributed by atoms with Crippen LogP contribution < -0.4 is 0 Å². The van der Waals surface area contributed by atoms with Crippen LogP contribution in [0, 0.1) is 22.7 Å². The van der Waals surface area contributed by atoms with Crippen molar-refractivity contribution in [2.75, 3.05) is 0 Å². The normalized spacial score (nSPS) is 46.7. The largest absolute Gasteiger partial charge is 0.481 e. The molecule has 0 radical (unpaired) electrons. The average Bonchev–Trinajstić information content (AvgIpc) is 2.36. The molecule has 13 heavy (non-hydrogen) atoms. The second kappa shape index (κ2) is 2.28. The van der Waals surface area contributed by atoms with E-state index in [1.54, 1.807) is 0 Å². The van der Waals surface area contributed by atoms with Crippen LogP contribution in [0.25, 0.3) is 0 Å².